The molecule has 8 nitrogen and oxygen atoms in total. The van der Waals surface area contributed by atoms with Crippen LogP contribution >= 0.6 is 11.6 Å². The van der Waals surface area contributed by atoms with Gasteiger partial charge in [-0.2, -0.15) is 0 Å². The van der Waals surface area contributed by atoms with Crippen LogP contribution in [0.2, 0.25) is 5.02 Å². The smallest absolute Gasteiger partial charge is 0.409 e. The van der Waals surface area contributed by atoms with Gasteiger partial charge in [0.15, 0.2) is 0 Å². The zero-order valence-corrected chi connectivity index (χ0v) is 18.9. The second kappa shape index (κ2) is 10.2. The SMILES string of the molecule is CCOC(=O)N1CCC(NC(=O)c2ccc(Cl)c(NS(=O)(=O)c3ccc(F)cc3)c2)CC1. The highest BCUT2D eigenvalue weighted by Gasteiger charge is 2.25. The van der Waals surface area contributed by atoms with Crippen molar-refractivity contribution in [1.29, 1.82) is 0 Å². The summed E-state index contributed by atoms with van der Waals surface area (Å²) in [5.74, 6) is -0.952. The lowest BCUT2D eigenvalue weighted by atomic mass is 10.0. The van der Waals surface area contributed by atoms with Gasteiger partial charge in [-0.15, -0.1) is 0 Å². The van der Waals surface area contributed by atoms with Gasteiger partial charge in [0, 0.05) is 24.7 Å². The molecule has 0 saturated carbocycles. The summed E-state index contributed by atoms with van der Waals surface area (Å²) in [6.45, 7) is 2.98. The quantitative estimate of drug-likeness (QED) is 0.652. The van der Waals surface area contributed by atoms with Crippen molar-refractivity contribution in [1.82, 2.24) is 10.2 Å². The normalized spacial score (nSPS) is 14.7. The van der Waals surface area contributed by atoms with Crippen molar-refractivity contribution in [3.63, 3.8) is 0 Å². The van der Waals surface area contributed by atoms with Crippen molar-refractivity contribution in [2.45, 2.75) is 30.7 Å². The number of likely N-dealkylation sites (tertiary alicyclic amines) is 1. The number of carbonyl (C=O) groups is 2. The summed E-state index contributed by atoms with van der Waals surface area (Å²) in [7, 11) is -4.02. The molecule has 172 valence electrons. The summed E-state index contributed by atoms with van der Waals surface area (Å²) in [5, 5.41) is 3.00. The molecule has 2 aromatic rings. The Hall–Kier alpha value is -2.85. The van der Waals surface area contributed by atoms with Crippen LogP contribution < -0.4 is 10.0 Å². The fourth-order valence-electron chi connectivity index (χ4n) is 3.25. The first-order valence-corrected chi connectivity index (χ1v) is 11.9. The molecule has 11 heteroatoms. The molecule has 1 fully saturated rings. The largest absolute Gasteiger partial charge is 0.450 e. The van der Waals surface area contributed by atoms with Crippen molar-refractivity contribution in [2.24, 2.45) is 0 Å². The molecule has 1 heterocycles. The number of sulfonamides is 1. The molecule has 0 spiro atoms. The van der Waals surface area contributed by atoms with Gasteiger partial charge in [-0.1, -0.05) is 11.6 Å². The maximum Gasteiger partial charge on any atom is 0.409 e. The van der Waals surface area contributed by atoms with Gasteiger partial charge in [0.05, 0.1) is 22.2 Å². The molecule has 0 atom stereocenters. The number of carbonyl (C=O) groups excluding carboxylic acids is 2. The van der Waals surface area contributed by atoms with Crippen molar-refractivity contribution in [2.75, 3.05) is 24.4 Å². The number of piperidine rings is 1. The van der Waals surface area contributed by atoms with Crippen LogP contribution in [-0.2, 0) is 14.8 Å². The number of amides is 2. The molecule has 2 amide bonds. The first-order valence-electron chi connectivity index (χ1n) is 10.00. The lowest BCUT2D eigenvalue weighted by molar-refractivity contribution is 0.0860. The Bertz CT molecular complexity index is 1090. The zero-order chi connectivity index (χ0) is 23.3. The van der Waals surface area contributed by atoms with Gasteiger partial charge in [-0.25, -0.2) is 17.6 Å². The summed E-state index contributed by atoms with van der Waals surface area (Å²) < 4.78 is 45.5. The Labute approximate surface area is 190 Å². The predicted molar refractivity (Wildman–Crippen MR) is 118 cm³/mol. The van der Waals surface area contributed by atoms with Gasteiger partial charge in [-0.05, 0) is 62.2 Å². The van der Waals surface area contributed by atoms with Crippen molar-refractivity contribution >= 4 is 39.3 Å². The topological polar surface area (TPSA) is 105 Å². The third-order valence-corrected chi connectivity index (χ3v) is 6.66. The first-order chi connectivity index (χ1) is 15.2. The van der Waals surface area contributed by atoms with E-state index in [2.05, 4.69) is 10.0 Å². The van der Waals surface area contributed by atoms with Gasteiger partial charge in [0.1, 0.15) is 5.82 Å². The molecule has 0 unspecified atom stereocenters. The third-order valence-electron chi connectivity index (χ3n) is 4.95. The minimum absolute atomic E-state index is 0.0285. The van der Waals surface area contributed by atoms with Gasteiger partial charge in [-0.3, -0.25) is 9.52 Å². The van der Waals surface area contributed by atoms with Crippen molar-refractivity contribution < 1.29 is 27.1 Å². The van der Waals surface area contributed by atoms with E-state index in [0.717, 1.165) is 24.3 Å². The summed E-state index contributed by atoms with van der Waals surface area (Å²) in [4.78, 5) is 25.9. The van der Waals surface area contributed by atoms with E-state index in [4.69, 9.17) is 16.3 Å². The van der Waals surface area contributed by atoms with Gasteiger partial charge in [0.25, 0.3) is 15.9 Å². The van der Waals surface area contributed by atoms with Gasteiger partial charge in [0.2, 0.25) is 0 Å². The van der Waals surface area contributed by atoms with Crippen LogP contribution in [0, 0.1) is 5.82 Å². The minimum atomic E-state index is -4.02. The number of anilines is 1. The van der Waals surface area contributed by atoms with Crippen LogP contribution in [0.5, 0.6) is 0 Å². The van der Waals surface area contributed by atoms with Crippen molar-refractivity contribution in [3.8, 4) is 0 Å². The molecule has 1 aliphatic heterocycles. The maximum absolute atomic E-state index is 13.1. The average molecular weight is 484 g/mol. The molecule has 2 aromatic carbocycles. The number of hydrogen-bond acceptors (Lipinski definition) is 5. The molecule has 32 heavy (non-hydrogen) atoms. The Morgan fingerprint density at radius 1 is 1.16 bits per heavy atom. The number of rotatable bonds is 6. The Morgan fingerprint density at radius 3 is 2.44 bits per heavy atom. The van der Waals surface area contributed by atoms with E-state index in [1.54, 1.807) is 11.8 Å². The molecule has 0 aromatic heterocycles. The van der Waals surface area contributed by atoms with E-state index in [-0.39, 0.29) is 33.3 Å². The standard InChI is InChI=1S/C21H23ClFN3O5S/c1-2-31-21(28)26-11-9-16(10-12-26)24-20(27)14-3-8-18(22)19(13-14)25-32(29,30)17-6-4-15(23)5-7-17/h3-8,13,16,25H,2,9-12H2,1H3,(H,24,27). The maximum atomic E-state index is 13.1. The minimum Gasteiger partial charge on any atom is -0.450 e. The fraction of sp³-hybridized carbons (Fsp3) is 0.333. The highest BCUT2D eigenvalue weighted by atomic mass is 35.5. The van der Waals surface area contributed by atoms with Crippen LogP contribution in [0.1, 0.15) is 30.1 Å². The predicted octanol–water partition coefficient (Wildman–Crippen LogP) is 3.63. The lowest BCUT2D eigenvalue weighted by Gasteiger charge is -2.31. The number of hydrogen-bond donors (Lipinski definition) is 2. The molecule has 0 aliphatic carbocycles. The van der Waals surface area contributed by atoms with Gasteiger partial charge < -0.3 is 15.0 Å². The van der Waals surface area contributed by atoms with Crippen LogP contribution in [0.3, 0.4) is 0 Å². The molecule has 1 aliphatic rings. The number of nitrogens with zero attached hydrogens (tertiary/aromatic N) is 1. The highest BCUT2D eigenvalue weighted by molar-refractivity contribution is 7.92. The van der Waals surface area contributed by atoms with Crippen LogP contribution in [-0.4, -0.2) is 51.1 Å². The molecule has 0 bridgehead atoms. The summed E-state index contributed by atoms with van der Waals surface area (Å²) in [6, 6.07) is 8.44. The molecule has 3 rings (SSSR count). The monoisotopic (exact) mass is 483 g/mol. The zero-order valence-electron chi connectivity index (χ0n) is 17.3. The Kier molecular flexibility index (Phi) is 7.57. The van der Waals surface area contributed by atoms with Gasteiger partial charge >= 0.3 is 6.09 Å². The summed E-state index contributed by atoms with van der Waals surface area (Å²) in [6.07, 6.45) is 0.776. The second-order valence-corrected chi connectivity index (χ2v) is 9.28. The number of ether oxygens (including phenoxy) is 1. The molecule has 0 radical (unpaired) electrons. The Balaban J connectivity index is 1.66. The van der Waals surface area contributed by atoms with E-state index in [1.165, 1.54) is 18.2 Å². The van der Waals surface area contributed by atoms with Crippen molar-refractivity contribution in [3.05, 3.63) is 58.9 Å². The van der Waals surface area contributed by atoms with E-state index in [1.807, 2.05) is 0 Å². The van der Waals surface area contributed by atoms with Crippen LogP contribution in [0.4, 0.5) is 14.9 Å². The highest BCUT2D eigenvalue weighted by Crippen LogP contribution is 2.26. The van der Waals surface area contributed by atoms with E-state index in [9.17, 15) is 22.4 Å². The molecule has 2 N–H and O–H groups in total. The molecular weight excluding hydrogens is 461 g/mol. The number of halogens is 2. The first kappa shape index (κ1) is 23.8. The number of nitrogens with one attached hydrogen (secondary N) is 2. The van der Waals surface area contributed by atoms with Crippen LogP contribution in [0.25, 0.3) is 0 Å². The van der Waals surface area contributed by atoms with E-state index in [0.29, 0.717) is 32.5 Å². The summed E-state index contributed by atoms with van der Waals surface area (Å²) >= 11 is 6.11. The molecular formula is C21H23ClFN3O5S. The van der Waals surface area contributed by atoms with Crippen LogP contribution in [0.15, 0.2) is 47.4 Å². The molecule has 1 saturated heterocycles. The van der Waals surface area contributed by atoms with E-state index >= 15 is 0 Å². The average Bonchev–Trinajstić information content (AvgIpc) is 2.76. The lowest BCUT2D eigenvalue weighted by Crippen LogP contribution is -2.46. The third kappa shape index (κ3) is 5.89. The second-order valence-electron chi connectivity index (χ2n) is 7.19. The Morgan fingerprint density at radius 2 is 1.81 bits per heavy atom. The number of benzene rings is 2. The van der Waals surface area contributed by atoms with E-state index < -0.39 is 21.7 Å². The fourth-order valence-corrected chi connectivity index (χ4v) is 4.54. The summed E-state index contributed by atoms with van der Waals surface area (Å²) in [5.41, 5.74) is 0.250.